The molecule has 2 nitrogen and oxygen atoms in total. The molecule has 0 N–H and O–H groups in total. The van der Waals surface area contributed by atoms with Crippen molar-refractivity contribution in [1.82, 2.24) is 0 Å². The molecule has 0 saturated heterocycles. The molecule has 1 rings (SSSR count). The first kappa shape index (κ1) is 18.8. The SMILES string of the molecule is CCCCCCCCO[Si](C)(C)Oc1cc(Cl)ccc1Cl. The van der Waals surface area contributed by atoms with Crippen molar-refractivity contribution in [3.8, 4) is 5.75 Å². The zero-order valence-electron chi connectivity index (χ0n) is 13.3. The molecule has 1 aromatic carbocycles. The van der Waals surface area contributed by atoms with Crippen LogP contribution in [0.25, 0.3) is 0 Å². The first-order valence-electron chi connectivity index (χ1n) is 7.72. The number of hydrogen-bond acceptors (Lipinski definition) is 2. The second-order valence-corrected chi connectivity index (χ2v) is 9.83. The summed E-state index contributed by atoms with van der Waals surface area (Å²) in [6.07, 6.45) is 7.55. The molecule has 0 fully saturated rings. The van der Waals surface area contributed by atoms with E-state index in [2.05, 4.69) is 6.92 Å². The Morgan fingerprint density at radius 2 is 1.67 bits per heavy atom. The fourth-order valence-corrected chi connectivity index (χ4v) is 3.83. The monoisotopic (exact) mass is 348 g/mol. The first-order chi connectivity index (χ1) is 9.94. The van der Waals surface area contributed by atoms with E-state index in [1.54, 1.807) is 18.2 Å². The van der Waals surface area contributed by atoms with Crippen LogP contribution in [0.4, 0.5) is 0 Å². The second kappa shape index (κ2) is 9.72. The van der Waals surface area contributed by atoms with Crippen LogP contribution in [-0.2, 0) is 4.43 Å². The molecule has 0 saturated carbocycles. The van der Waals surface area contributed by atoms with Crippen molar-refractivity contribution in [2.75, 3.05) is 6.61 Å². The Hall–Kier alpha value is -0.223. The highest BCUT2D eigenvalue weighted by atomic mass is 35.5. The number of hydrogen-bond donors (Lipinski definition) is 0. The lowest BCUT2D eigenvalue weighted by atomic mass is 10.1. The highest BCUT2D eigenvalue weighted by molar-refractivity contribution is 6.65. The predicted octanol–water partition coefficient (Wildman–Crippen LogP) is 6.45. The van der Waals surface area contributed by atoms with E-state index in [-0.39, 0.29) is 0 Å². The molecule has 0 heterocycles. The molecule has 0 amide bonds. The van der Waals surface area contributed by atoms with Crippen molar-refractivity contribution >= 4 is 31.8 Å². The summed E-state index contributed by atoms with van der Waals surface area (Å²) in [6.45, 7) is 7.04. The van der Waals surface area contributed by atoms with Crippen molar-refractivity contribution in [3.05, 3.63) is 28.2 Å². The van der Waals surface area contributed by atoms with Crippen LogP contribution in [0, 0.1) is 0 Å². The number of rotatable bonds is 10. The van der Waals surface area contributed by atoms with Crippen LogP contribution in [0.2, 0.25) is 23.1 Å². The third kappa shape index (κ3) is 8.10. The number of unbranched alkanes of at least 4 members (excludes halogenated alkanes) is 5. The second-order valence-electron chi connectivity index (χ2n) is 5.69. The van der Waals surface area contributed by atoms with Gasteiger partial charge in [0.1, 0.15) is 5.75 Å². The maximum atomic E-state index is 6.12. The fourth-order valence-electron chi connectivity index (χ4n) is 2.05. The molecule has 0 unspecified atom stereocenters. The molecule has 21 heavy (non-hydrogen) atoms. The van der Waals surface area contributed by atoms with Gasteiger partial charge in [0.15, 0.2) is 0 Å². The molecule has 0 aliphatic heterocycles. The topological polar surface area (TPSA) is 18.5 Å². The van der Waals surface area contributed by atoms with Gasteiger partial charge < -0.3 is 8.85 Å². The average Bonchev–Trinajstić information content (AvgIpc) is 2.41. The third-order valence-corrected chi connectivity index (χ3v) is 5.35. The van der Waals surface area contributed by atoms with Gasteiger partial charge >= 0.3 is 8.56 Å². The molecular weight excluding hydrogens is 323 g/mol. The minimum Gasteiger partial charge on any atom is -0.519 e. The van der Waals surface area contributed by atoms with Crippen LogP contribution in [0.5, 0.6) is 5.75 Å². The quantitative estimate of drug-likeness (QED) is 0.357. The van der Waals surface area contributed by atoms with Gasteiger partial charge in [-0.15, -0.1) is 0 Å². The van der Waals surface area contributed by atoms with E-state index in [1.807, 2.05) is 13.1 Å². The highest BCUT2D eigenvalue weighted by Crippen LogP contribution is 2.30. The number of benzene rings is 1. The van der Waals surface area contributed by atoms with Crippen molar-refractivity contribution in [1.29, 1.82) is 0 Å². The van der Waals surface area contributed by atoms with E-state index in [9.17, 15) is 0 Å². The summed E-state index contributed by atoms with van der Waals surface area (Å²) < 4.78 is 11.9. The van der Waals surface area contributed by atoms with Gasteiger partial charge in [-0.05, 0) is 37.7 Å². The van der Waals surface area contributed by atoms with Gasteiger partial charge in [0.05, 0.1) is 5.02 Å². The highest BCUT2D eigenvalue weighted by Gasteiger charge is 2.27. The van der Waals surface area contributed by atoms with Gasteiger partial charge in [-0.1, -0.05) is 62.2 Å². The van der Waals surface area contributed by atoms with Gasteiger partial charge in [-0.25, -0.2) is 0 Å². The molecule has 0 radical (unpaired) electrons. The smallest absolute Gasteiger partial charge is 0.392 e. The Kier molecular flexibility index (Phi) is 8.72. The molecule has 0 bridgehead atoms. The van der Waals surface area contributed by atoms with Crippen LogP contribution in [0.15, 0.2) is 18.2 Å². The van der Waals surface area contributed by atoms with Gasteiger partial charge in [0, 0.05) is 11.6 Å². The molecule has 0 spiro atoms. The van der Waals surface area contributed by atoms with Crippen LogP contribution in [0.3, 0.4) is 0 Å². The minimum atomic E-state index is -2.22. The van der Waals surface area contributed by atoms with Crippen molar-refractivity contribution in [3.63, 3.8) is 0 Å². The number of halogens is 2. The molecule has 0 atom stereocenters. The fraction of sp³-hybridized carbons (Fsp3) is 0.625. The normalized spacial score (nSPS) is 11.7. The van der Waals surface area contributed by atoms with Crippen LogP contribution in [0.1, 0.15) is 45.4 Å². The molecule has 120 valence electrons. The first-order valence-corrected chi connectivity index (χ1v) is 11.3. The van der Waals surface area contributed by atoms with Crippen molar-refractivity contribution in [2.24, 2.45) is 0 Å². The van der Waals surface area contributed by atoms with E-state index >= 15 is 0 Å². The zero-order valence-corrected chi connectivity index (χ0v) is 15.8. The summed E-state index contributed by atoms with van der Waals surface area (Å²) in [6, 6.07) is 5.24. The lowest BCUT2D eigenvalue weighted by Crippen LogP contribution is -2.38. The predicted molar refractivity (Wildman–Crippen MR) is 93.9 cm³/mol. The summed E-state index contributed by atoms with van der Waals surface area (Å²) in [5, 5.41) is 1.19. The van der Waals surface area contributed by atoms with E-state index in [1.165, 1.54) is 32.1 Å². The Balaban J connectivity index is 2.31. The Bertz CT molecular complexity index is 425. The Labute approximate surface area is 140 Å². The maximum absolute atomic E-state index is 6.12. The molecule has 0 aliphatic rings. The van der Waals surface area contributed by atoms with E-state index in [0.717, 1.165) is 13.0 Å². The molecule has 1 aromatic rings. The lowest BCUT2D eigenvalue weighted by Gasteiger charge is -2.24. The summed E-state index contributed by atoms with van der Waals surface area (Å²) in [5.41, 5.74) is 0. The van der Waals surface area contributed by atoms with Crippen LogP contribution >= 0.6 is 23.2 Å². The molecule has 0 aromatic heterocycles. The van der Waals surface area contributed by atoms with Gasteiger partial charge in [0.2, 0.25) is 0 Å². The summed E-state index contributed by atoms with van der Waals surface area (Å²) >= 11 is 12.1. The average molecular weight is 349 g/mol. The minimum absolute atomic E-state index is 0.572. The van der Waals surface area contributed by atoms with E-state index < -0.39 is 8.56 Å². The largest absolute Gasteiger partial charge is 0.519 e. The van der Waals surface area contributed by atoms with Crippen LogP contribution < -0.4 is 4.43 Å². The lowest BCUT2D eigenvalue weighted by molar-refractivity contribution is 0.241. The standard InChI is InChI=1S/C16H26Cl2O2Si/c1-4-5-6-7-8-9-12-19-21(2,3)20-16-13-14(17)10-11-15(16)18/h10-11,13H,4-9,12H2,1-3H3. The van der Waals surface area contributed by atoms with Crippen molar-refractivity contribution < 1.29 is 8.85 Å². The summed E-state index contributed by atoms with van der Waals surface area (Å²) in [7, 11) is -2.22. The van der Waals surface area contributed by atoms with Gasteiger partial charge in [-0.3, -0.25) is 0 Å². The van der Waals surface area contributed by atoms with Gasteiger partial charge in [-0.2, -0.15) is 0 Å². The molecular formula is C16H26Cl2O2Si. The van der Waals surface area contributed by atoms with Crippen molar-refractivity contribution in [2.45, 2.75) is 58.5 Å². The summed E-state index contributed by atoms with van der Waals surface area (Å²) in [5.74, 6) is 0.615. The van der Waals surface area contributed by atoms with Gasteiger partial charge in [0.25, 0.3) is 0 Å². The zero-order chi connectivity index (χ0) is 15.7. The molecule has 5 heteroatoms. The maximum Gasteiger partial charge on any atom is 0.392 e. The third-order valence-electron chi connectivity index (χ3n) is 3.20. The Morgan fingerprint density at radius 1 is 1.00 bits per heavy atom. The van der Waals surface area contributed by atoms with E-state index in [4.69, 9.17) is 32.1 Å². The van der Waals surface area contributed by atoms with E-state index in [0.29, 0.717) is 15.8 Å². The summed E-state index contributed by atoms with van der Waals surface area (Å²) in [4.78, 5) is 0. The Morgan fingerprint density at radius 3 is 2.38 bits per heavy atom. The van der Waals surface area contributed by atoms with Crippen LogP contribution in [-0.4, -0.2) is 15.2 Å². The molecule has 0 aliphatic carbocycles.